The average Bonchev–Trinajstić information content (AvgIpc) is 3.31. The first-order valence-electron chi connectivity index (χ1n) is 7.67. The number of fused-ring (bicyclic) bond motifs is 4. The van der Waals surface area contributed by atoms with E-state index in [9.17, 15) is 20.5 Å². The number of nitrogen functional groups attached to an aromatic ring is 1. The van der Waals surface area contributed by atoms with Crippen molar-refractivity contribution in [2.45, 2.75) is 12.0 Å². The van der Waals surface area contributed by atoms with Gasteiger partial charge in [-0.15, -0.1) is 0 Å². The predicted molar refractivity (Wildman–Crippen MR) is 84.2 cm³/mol. The molecule has 136 valence electrons. The molecule has 0 amide bonds. The van der Waals surface area contributed by atoms with Crippen LogP contribution in [0.25, 0.3) is 22.3 Å². The molecule has 4 aromatic rings. The molecule has 0 fully saturated rings. The molecule has 13 heteroatoms. The summed E-state index contributed by atoms with van der Waals surface area (Å²) in [5.74, 6) is -1.13. The first-order chi connectivity index (χ1) is 13.0. The summed E-state index contributed by atoms with van der Waals surface area (Å²) in [5, 5.41) is 43.7. The van der Waals surface area contributed by atoms with Crippen LogP contribution in [-0.4, -0.2) is 20.2 Å². The van der Waals surface area contributed by atoms with Crippen molar-refractivity contribution < 1.29 is 24.0 Å². The summed E-state index contributed by atoms with van der Waals surface area (Å²) < 4.78 is 9.14. The van der Waals surface area contributed by atoms with Gasteiger partial charge in [0.25, 0.3) is 17.4 Å². The largest absolute Gasteiger partial charge is 0.399 e. The van der Waals surface area contributed by atoms with Crippen LogP contribution in [0.2, 0.25) is 0 Å². The molecule has 3 N–H and O–H groups in total. The van der Waals surface area contributed by atoms with Crippen LogP contribution in [0.5, 0.6) is 0 Å². The third kappa shape index (κ3) is 1.87. The highest BCUT2D eigenvalue weighted by molar-refractivity contribution is 5.87. The number of nitrogens with zero attached hydrogens (tertiary/aromatic N) is 5. The van der Waals surface area contributed by atoms with Gasteiger partial charge in [0.1, 0.15) is 5.92 Å². The number of hydrogen-bond acceptors (Lipinski definition) is 9. The van der Waals surface area contributed by atoms with E-state index in [1.54, 1.807) is 24.4 Å². The van der Waals surface area contributed by atoms with Crippen LogP contribution in [0.3, 0.4) is 0 Å². The lowest BCUT2D eigenvalue weighted by molar-refractivity contribution is -0.809. The van der Waals surface area contributed by atoms with Crippen LogP contribution in [0.1, 0.15) is 28.9 Å². The van der Waals surface area contributed by atoms with Crippen LogP contribution in [-0.2, 0) is 0 Å². The van der Waals surface area contributed by atoms with Gasteiger partial charge >= 0.3 is 5.69 Å². The van der Waals surface area contributed by atoms with E-state index >= 15 is 0 Å². The fourth-order valence-electron chi connectivity index (χ4n) is 3.60. The quantitative estimate of drug-likeness (QED) is 0.213. The molecule has 5 rings (SSSR count). The molecule has 0 aliphatic heterocycles. The number of H-pyrrole nitrogens is 1. The van der Waals surface area contributed by atoms with Crippen LogP contribution in [0, 0.1) is 20.5 Å². The molecule has 2 atom stereocenters. The monoisotopic (exact) mass is 371 g/mol. The third-order valence-corrected chi connectivity index (χ3v) is 4.70. The molecular formula is C14H9N7O6. The van der Waals surface area contributed by atoms with E-state index in [-0.39, 0.29) is 32.6 Å². The predicted octanol–water partition coefficient (Wildman–Crippen LogP) is 0.123. The maximum atomic E-state index is 12.3. The second-order valence-electron chi connectivity index (χ2n) is 6.08. The van der Waals surface area contributed by atoms with Crippen LogP contribution in [0.15, 0.2) is 33.7 Å². The summed E-state index contributed by atoms with van der Waals surface area (Å²) in [6, 6.07) is 3.45. The Bertz CT molecular complexity index is 1220. The number of aromatic amines is 1. The summed E-state index contributed by atoms with van der Waals surface area (Å²) in [7, 11) is 0. The fourth-order valence-corrected chi connectivity index (χ4v) is 3.60. The van der Waals surface area contributed by atoms with E-state index in [0.717, 1.165) is 0 Å². The molecule has 3 aromatic heterocycles. The number of nitro groups is 1. The van der Waals surface area contributed by atoms with Gasteiger partial charge in [-0.25, -0.2) is 0 Å². The molecule has 27 heavy (non-hydrogen) atoms. The lowest BCUT2D eigenvalue weighted by Crippen LogP contribution is -2.38. The van der Waals surface area contributed by atoms with Crippen molar-refractivity contribution in [1.29, 1.82) is 0 Å². The van der Waals surface area contributed by atoms with Gasteiger partial charge in [0.2, 0.25) is 5.69 Å². The van der Waals surface area contributed by atoms with Crippen molar-refractivity contribution in [2.24, 2.45) is 0 Å². The summed E-state index contributed by atoms with van der Waals surface area (Å²) >= 11 is 0. The zero-order chi connectivity index (χ0) is 18.9. The van der Waals surface area contributed by atoms with Gasteiger partial charge in [-0.2, -0.15) is 0 Å². The SMILES string of the molecule is Nc1ccc2[nH]cc([C@H]3c4c(no[n+]4[O-])-c4c(no[n+]4[O-])[C@@H]3[N+](=O)[O-])c2c1. The Labute approximate surface area is 147 Å². The smallest absolute Gasteiger partial charge is 0.304 e. The van der Waals surface area contributed by atoms with Crippen LogP contribution in [0.4, 0.5) is 5.69 Å². The maximum Gasteiger partial charge on any atom is 0.304 e. The number of aromatic nitrogens is 5. The minimum Gasteiger partial charge on any atom is -0.399 e. The van der Waals surface area contributed by atoms with Crippen molar-refractivity contribution in [2.75, 3.05) is 5.73 Å². The Hall–Kier alpha value is -4.16. The summed E-state index contributed by atoms with van der Waals surface area (Å²) in [6.07, 6.45) is 1.54. The van der Waals surface area contributed by atoms with Gasteiger partial charge in [-0.05, 0) is 33.6 Å². The molecule has 0 spiro atoms. The van der Waals surface area contributed by atoms with E-state index in [1.165, 1.54) is 0 Å². The zero-order valence-electron chi connectivity index (χ0n) is 13.2. The molecule has 1 aliphatic rings. The third-order valence-electron chi connectivity index (χ3n) is 4.70. The van der Waals surface area contributed by atoms with E-state index in [2.05, 4.69) is 24.6 Å². The summed E-state index contributed by atoms with van der Waals surface area (Å²) in [5.41, 5.74) is 6.48. The lowest BCUT2D eigenvalue weighted by atomic mass is 9.81. The second kappa shape index (κ2) is 4.94. The first-order valence-corrected chi connectivity index (χ1v) is 7.67. The minimum absolute atomic E-state index is 0.0311. The number of rotatable bonds is 2. The van der Waals surface area contributed by atoms with E-state index in [1.807, 2.05) is 0 Å². The topological polar surface area (TPSA) is 191 Å². The Kier molecular flexibility index (Phi) is 2.76. The Morgan fingerprint density at radius 3 is 2.78 bits per heavy atom. The van der Waals surface area contributed by atoms with Crippen LogP contribution >= 0.6 is 0 Å². The molecular weight excluding hydrogens is 362 g/mol. The molecule has 1 aromatic carbocycles. The second-order valence-corrected chi connectivity index (χ2v) is 6.08. The highest BCUT2D eigenvalue weighted by Crippen LogP contribution is 2.48. The number of anilines is 1. The number of nitrogens with one attached hydrogen (secondary N) is 1. The highest BCUT2D eigenvalue weighted by atomic mass is 16.8. The fraction of sp³-hybridized carbons (Fsp3) is 0.143. The number of nitrogens with two attached hydrogens (primary N) is 1. The lowest BCUT2D eigenvalue weighted by Gasteiger charge is -2.18. The number of benzene rings is 1. The van der Waals surface area contributed by atoms with E-state index in [0.29, 0.717) is 22.2 Å². The van der Waals surface area contributed by atoms with Gasteiger partial charge in [-0.1, -0.05) is 0 Å². The summed E-state index contributed by atoms with van der Waals surface area (Å²) in [4.78, 5) is 14.3. The Morgan fingerprint density at radius 1 is 1.22 bits per heavy atom. The number of hydrogen-bond donors (Lipinski definition) is 2. The Balaban J connectivity index is 1.86. The summed E-state index contributed by atoms with van der Waals surface area (Å²) in [6.45, 7) is 0. The van der Waals surface area contributed by atoms with Crippen LogP contribution < -0.4 is 15.5 Å². The van der Waals surface area contributed by atoms with Crippen molar-refractivity contribution in [3.8, 4) is 11.4 Å². The molecule has 0 radical (unpaired) electrons. The van der Waals surface area contributed by atoms with Gasteiger partial charge in [0, 0.05) is 32.9 Å². The zero-order valence-corrected chi connectivity index (χ0v) is 13.2. The van der Waals surface area contributed by atoms with Gasteiger partial charge in [-0.3, -0.25) is 19.4 Å². The van der Waals surface area contributed by atoms with Gasteiger partial charge in [0.15, 0.2) is 0 Å². The standard InChI is InChI=1S/C14H9N7O6/c15-5-1-2-8-6(3-5)7(4-16-8)9-12(19(22)23)10-14(21(25)27-17-10)11-13(9)20(24)26-18-11/h1-4,9,12,16H,15H2/t9-,12-/m1/s1. The molecule has 13 nitrogen and oxygen atoms in total. The molecule has 0 bridgehead atoms. The van der Waals surface area contributed by atoms with Crippen molar-refractivity contribution >= 4 is 16.6 Å². The first kappa shape index (κ1) is 15.1. The average molecular weight is 371 g/mol. The molecule has 0 unspecified atom stereocenters. The minimum atomic E-state index is -1.56. The molecule has 0 saturated heterocycles. The maximum absolute atomic E-state index is 12.3. The van der Waals surface area contributed by atoms with Gasteiger partial charge in [0.05, 0.1) is 5.16 Å². The molecule has 0 saturated carbocycles. The van der Waals surface area contributed by atoms with E-state index < -0.39 is 16.9 Å². The normalized spacial score (nSPS) is 18.4. The van der Waals surface area contributed by atoms with Crippen molar-refractivity contribution in [3.63, 3.8) is 0 Å². The Morgan fingerprint density at radius 2 is 2.00 bits per heavy atom. The van der Waals surface area contributed by atoms with Crippen molar-refractivity contribution in [3.05, 3.63) is 61.9 Å². The molecule has 3 heterocycles. The van der Waals surface area contributed by atoms with E-state index in [4.69, 9.17) is 5.73 Å². The van der Waals surface area contributed by atoms with Gasteiger partial charge < -0.3 is 21.1 Å². The molecule has 1 aliphatic carbocycles. The van der Waals surface area contributed by atoms with Crippen molar-refractivity contribution in [1.82, 2.24) is 15.3 Å². The highest BCUT2D eigenvalue weighted by Gasteiger charge is 2.57.